The Kier molecular flexibility index (Phi) is 3.92. The Balaban J connectivity index is 1.54. The minimum absolute atomic E-state index is 0.0526. The van der Waals surface area contributed by atoms with Crippen LogP contribution in [-0.4, -0.2) is 47.9 Å². The van der Waals surface area contributed by atoms with Crippen LogP contribution in [0.3, 0.4) is 0 Å². The van der Waals surface area contributed by atoms with Crippen LogP contribution < -0.4 is 0 Å². The number of hydrogen-bond donors (Lipinski definition) is 1. The van der Waals surface area contributed by atoms with E-state index in [1.165, 1.54) is 0 Å². The lowest BCUT2D eigenvalue weighted by Gasteiger charge is -2.17. The smallest absolute Gasteiger partial charge is 0.255 e. The molecule has 1 amide bonds. The second kappa shape index (κ2) is 6.40. The van der Waals surface area contributed by atoms with Crippen molar-refractivity contribution in [1.29, 1.82) is 0 Å². The third-order valence-corrected chi connectivity index (χ3v) is 4.12. The van der Waals surface area contributed by atoms with Gasteiger partial charge in [-0.05, 0) is 35.9 Å². The highest BCUT2D eigenvalue weighted by molar-refractivity contribution is 5.94. The Morgan fingerprint density at radius 3 is 2.92 bits per heavy atom. The molecule has 0 aliphatic rings. The van der Waals surface area contributed by atoms with Crippen molar-refractivity contribution in [3.8, 4) is 11.4 Å². The first kappa shape index (κ1) is 15.9. The van der Waals surface area contributed by atoms with E-state index in [2.05, 4.69) is 25.6 Å². The molecule has 0 saturated heterocycles. The summed E-state index contributed by atoms with van der Waals surface area (Å²) in [6, 6.07) is 11.4. The summed E-state index contributed by atoms with van der Waals surface area (Å²) in [6.45, 7) is 2.41. The Hall–Kier alpha value is -3.55. The minimum atomic E-state index is -0.0526. The predicted octanol–water partition coefficient (Wildman–Crippen LogP) is 2.10. The van der Waals surface area contributed by atoms with E-state index in [0.29, 0.717) is 17.9 Å². The summed E-state index contributed by atoms with van der Waals surface area (Å²) in [6.07, 6.45) is 3.71. The monoisotopic (exact) mass is 347 g/mol. The lowest BCUT2D eigenvalue weighted by atomic mass is 10.1. The van der Waals surface area contributed by atoms with E-state index in [9.17, 15) is 4.79 Å². The van der Waals surface area contributed by atoms with Crippen LogP contribution in [0.5, 0.6) is 0 Å². The van der Waals surface area contributed by atoms with Crippen LogP contribution in [0, 0.1) is 6.92 Å². The van der Waals surface area contributed by atoms with Crippen molar-refractivity contribution < 1.29 is 4.79 Å². The normalized spacial score (nSPS) is 11.0. The molecule has 0 atom stereocenters. The zero-order chi connectivity index (χ0) is 18.1. The Labute approximate surface area is 149 Å². The number of aromatic nitrogens is 6. The molecule has 0 saturated carbocycles. The maximum absolute atomic E-state index is 12.8. The van der Waals surface area contributed by atoms with Crippen LogP contribution >= 0.6 is 0 Å². The minimum Gasteiger partial charge on any atom is -0.337 e. The van der Waals surface area contributed by atoms with Crippen molar-refractivity contribution in [2.75, 3.05) is 7.05 Å². The average molecular weight is 347 g/mol. The molecule has 8 nitrogen and oxygen atoms in total. The van der Waals surface area contributed by atoms with E-state index in [1.54, 1.807) is 18.0 Å². The third kappa shape index (κ3) is 3.04. The van der Waals surface area contributed by atoms with Crippen molar-refractivity contribution in [1.82, 2.24) is 34.9 Å². The summed E-state index contributed by atoms with van der Waals surface area (Å²) >= 11 is 0. The molecule has 0 unspecified atom stereocenters. The number of fused-ring (bicyclic) bond motifs is 1. The molecular formula is C18H17N7O. The Morgan fingerprint density at radius 1 is 1.23 bits per heavy atom. The molecule has 0 fully saturated rings. The molecule has 1 N–H and O–H groups in total. The van der Waals surface area contributed by atoms with Gasteiger partial charge in [-0.15, -0.1) is 10.2 Å². The van der Waals surface area contributed by atoms with Gasteiger partial charge in [0.2, 0.25) is 5.82 Å². The standard InChI is InChI=1S/C18H17N7O/c1-12-9-25-11-15(6-7-16(25)19-12)18(26)24(2)10-13-4-3-5-14(8-13)17-20-22-23-21-17/h3-9,11H,10H2,1-2H3,(H,20,21,22,23). The van der Waals surface area contributed by atoms with Crippen LogP contribution in [0.4, 0.5) is 0 Å². The van der Waals surface area contributed by atoms with Crippen molar-refractivity contribution in [3.63, 3.8) is 0 Å². The van der Waals surface area contributed by atoms with Gasteiger partial charge in [0.25, 0.3) is 5.91 Å². The number of nitrogens with zero attached hydrogens (tertiary/aromatic N) is 6. The van der Waals surface area contributed by atoms with E-state index in [-0.39, 0.29) is 5.91 Å². The first-order valence-electron chi connectivity index (χ1n) is 8.14. The fourth-order valence-electron chi connectivity index (χ4n) is 2.90. The zero-order valence-electron chi connectivity index (χ0n) is 14.4. The number of pyridine rings is 1. The van der Waals surface area contributed by atoms with E-state index < -0.39 is 0 Å². The number of benzene rings is 1. The molecule has 3 heterocycles. The molecule has 130 valence electrons. The highest BCUT2D eigenvalue weighted by Crippen LogP contribution is 2.17. The Morgan fingerprint density at radius 2 is 2.12 bits per heavy atom. The molecular weight excluding hydrogens is 330 g/mol. The lowest BCUT2D eigenvalue weighted by molar-refractivity contribution is 0.0784. The van der Waals surface area contributed by atoms with Gasteiger partial charge in [-0.25, -0.2) is 4.98 Å². The van der Waals surface area contributed by atoms with Gasteiger partial charge < -0.3 is 9.30 Å². The largest absolute Gasteiger partial charge is 0.337 e. The van der Waals surface area contributed by atoms with Gasteiger partial charge in [0.1, 0.15) is 5.65 Å². The van der Waals surface area contributed by atoms with Crippen LogP contribution in [0.1, 0.15) is 21.6 Å². The van der Waals surface area contributed by atoms with Gasteiger partial charge in [0, 0.05) is 31.5 Å². The highest BCUT2D eigenvalue weighted by Gasteiger charge is 2.14. The van der Waals surface area contributed by atoms with Crippen molar-refractivity contribution in [2.24, 2.45) is 0 Å². The number of aryl methyl sites for hydroxylation is 1. The van der Waals surface area contributed by atoms with Crippen LogP contribution in [-0.2, 0) is 6.54 Å². The van der Waals surface area contributed by atoms with E-state index in [4.69, 9.17) is 0 Å². The van der Waals surface area contributed by atoms with Gasteiger partial charge >= 0.3 is 0 Å². The maximum atomic E-state index is 12.8. The van der Waals surface area contributed by atoms with Gasteiger partial charge in [-0.1, -0.05) is 18.2 Å². The third-order valence-electron chi connectivity index (χ3n) is 4.12. The average Bonchev–Trinajstić information content (AvgIpc) is 3.29. The second-order valence-corrected chi connectivity index (χ2v) is 6.16. The predicted molar refractivity (Wildman–Crippen MR) is 95.3 cm³/mol. The molecule has 1 aromatic carbocycles. The fourth-order valence-corrected chi connectivity index (χ4v) is 2.90. The highest BCUT2D eigenvalue weighted by atomic mass is 16.2. The lowest BCUT2D eigenvalue weighted by Crippen LogP contribution is -2.26. The molecule has 0 aliphatic carbocycles. The summed E-state index contributed by atoms with van der Waals surface area (Å²) in [5, 5.41) is 14.0. The van der Waals surface area contributed by atoms with Crippen LogP contribution in [0.2, 0.25) is 0 Å². The maximum Gasteiger partial charge on any atom is 0.255 e. The van der Waals surface area contributed by atoms with Crippen molar-refractivity contribution >= 4 is 11.6 Å². The van der Waals surface area contributed by atoms with E-state index in [0.717, 1.165) is 22.5 Å². The molecule has 8 heteroatoms. The summed E-state index contributed by atoms with van der Waals surface area (Å²) in [5.41, 5.74) is 4.21. The molecule has 4 rings (SSSR count). The Bertz CT molecular complexity index is 1070. The van der Waals surface area contributed by atoms with Crippen molar-refractivity contribution in [2.45, 2.75) is 13.5 Å². The first-order chi connectivity index (χ1) is 12.6. The van der Waals surface area contributed by atoms with Gasteiger partial charge in [-0.2, -0.15) is 5.21 Å². The number of aromatic amines is 1. The summed E-state index contributed by atoms with van der Waals surface area (Å²) < 4.78 is 1.87. The second-order valence-electron chi connectivity index (χ2n) is 6.16. The number of nitrogens with one attached hydrogen (secondary N) is 1. The number of hydrogen-bond acceptors (Lipinski definition) is 5. The molecule has 0 aliphatic heterocycles. The number of rotatable bonds is 4. The van der Waals surface area contributed by atoms with Gasteiger partial charge in [-0.3, -0.25) is 4.79 Å². The van der Waals surface area contributed by atoms with Crippen molar-refractivity contribution in [3.05, 3.63) is 65.6 Å². The fraction of sp³-hybridized carbons (Fsp3) is 0.167. The zero-order valence-corrected chi connectivity index (χ0v) is 14.4. The molecule has 0 bridgehead atoms. The van der Waals surface area contributed by atoms with Gasteiger partial charge in [0.15, 0.2) is 0 Å². The molecule has 26 heavy (non-hydrogen) atoms. The first-order valence-corrected chi connectivity index (χ1v) is 8.14. The number of imidazole rings is 1. The number of carbonyl (C=O) groups is 1. The molecule has 4 aromatic rings. The van der Waals surface area contributed by atoms with Gasteiger partial charge in [0.05, 0.1) is 11.3 Å². The number of carbonyl (C=O) groups excluding carboxylic acids is 1. The summed E-state index contributed by atoms with van der Waals surface area (Å²) in [4.78, 5) is 18.8. The molecule has 3 aromatic heterocycles. The summed E-state index contributed by atoms with van der Waals surface area (Å²) in [7, 11) is 1.78. The number of amides is 1. The van der Waals surface area contributed by atoms with E-state index >= 15 is 0 Å². The SMILES string of the molecule is Cc1cn2cc(C(=O)N(C)Cc3cccc(-c4nn[nH]n4)c3)ccc2n1. The number of H-pyrrole nitrogens is 1. The number of tetrazole rings is 1. The summed E-state index contributed by atoms with van der Waals surface area (Å²) in [5.74, 6) is 0.477. The quantitative estimate of drug-likeness (QED) is 0.610. The molecule has 0 radical (unpaired) electrons. The van der Waals surface area contributed by atoms with E-state index in [1.807, 2.05) is 54.0 Å². The van der Waals surface area contributed by atoms with Crippen LogP contribution in [0.25, 0.3) is 17.0 Å². The molecule has 0 spiro atoms. The van der Waals surface area contributed by atoms with Crippen LogP contribution in [0.15, 0.2) is 48.8 Å². The topological polar surface area (TPSA) is 92.1 Å².